The van der Waals surface area contributed by atoms with Crippen LogP contribution in [0.5, 0.6) is 0 Å². The van der Waals surface area contributed by atoms with Crippen molar-refractivity contribution < 1.29 is 0 Å². The predicted octanol–water partition coefficient (Wildman–Crippen LogP) is 11.8. The lowest BCUT2D eigenvalue weighted by atomic mass is 9.81. The summed E-state index contributed by atoms with van der Waals surface area (Å²) in [6.45, 7) is 4.69. The lowest BCUT2D eigenvalue weighted by Gasteiger charge is -2.22. The van der Waals surface area contributed by atoms with Gasteiger partial charge in [-0.1, -0.05) is 141 Å². The third kappa shape index (κ3) is 3.84. The molecule has 1 aliphatic rings. The molecule has 8 aromatic rings. The topological polar surface area (TPSA) is 12.9 Å². The third-order valence-electron chi connectivity index (χ3n) is 9.91. The van der Waals surface area contributed by atoms with Crippen molar-refractivity contribution >= 4 is 32.3 Å². The van der Waals surface area contributed by atoms with Crippen LogP contribution in [0.2, 0.25) is 0 Å². The lowest BCUT2D eigenvalue weighted by molar-refractivity contribution is 0.660. The number of rotatable bonds is 3. The highest BCUT2D eigenvalue weighted by Gasteiger charge is 2.35. The van der Waals surface area contributed by atoms with Gasteiger partial charge in [-0.15, -0.1) is 0 Å². The summed E-state index contributed by atoms with van der Waals surface area (Å²) in [5.41, 5.74) is 12.6. The number of pyridine rings is 1. The molecule has 0 saturated carbocycles. The summed E-state index contributed by atoms with van der Waals surface area (Å²) in [5, 5.41) is 7.29. The molecule has 0 fully saturated rings. The highest BCUT2D eigenvalue weighted by Crippen LogP contribution is 2.51. The number of fused-ring (bicyclic) bond motifs is 6. The Balaban J connectivity index is 1.42. The molecule has 1 aliphatic carbocycles. The number of aromatic nitrogens is 1. The highest BCUT2D eigenvalue weighted by molar-refractivity contribution is 6.23. The molecule has 1 heteroatoms. The largest absolute Gasteiger partial charge is 0.256 e. The van der Waals surface area contributed by atoms with Crippen LogP contribution < -0.4 is 0 Å². The van der Waals surface area contributed by atoms with Crippen LogP contribution in [-0.2, 0) is 5.41 Å². The average molecular weight is 574 g/mol. The van der Waals surface area contributed by atoms with E-state index in [1.807, 2.05) is 6.20 Å². The molecular weight excluding hydrogens is 542 g/mol. The van der Waals surface area contributed by atoms with Gasteiger partial charge in [0.2, 0.25) is 0 Å². The Morgan fingerprint density at radius 3 is 1.91 bits per heavy atom. The van der Waals surface area contributed by atoms with Crippen molar-refractivity contribution in [3.05, 3.63) is 163 Å². The molecule has 0 atom stereocenters. The van der Waals surface area contributed by atoms with E-state index in [0.717, 1.165) is 5.69 Å². The second-order valence-corrected chi connectivity index (χ2v) is 12.7. The molecule has 1 heterocycles. The average Bonchev–Trinajstić information content (AvgIpc) is 3.32. The Labute approximate surface area is 263 Å². The Morgan fingerprint density at radius 2 is 1.07 bits per heavy atom. The van der Waals surface area contributed by atoms with Crippen LogP contribution >= 0.6 is 0 Å². The van der Waals surface area contributed by atoms with Gasteiger partial charge in [-0.05, 0) is 89.6 Å². The van der Waals surface area contributed by atoms with Crippen molar-refractivity contribution in [3.63, 3.8) is 0 Å². The van der Waals surface area contributed by atoms with Crippen LogP contribution in [0.4, 0.5) is 0 Å². The molecule has 0 bridgehead atoms. The van der Waals surface area contributed by atoms with E-state index < -0.39 is 0 Å². The van der Waals surface area contributed by atoms with Gasteiger partial charge in [0.1, 0.15) is 0 Å². The van der Waals surface area contributed by atoms with Crippen molar-refractivity contribution in [3.8, 4) is 44.6 Å². The first-order valence-electron chi connectivity index (χ1n) is 15.7. The zero-order valence-electron chi connectivity index (χ0n) is 25.4. The lowest BCUT2D eigenvalue weighted by Crippen LogP contribution is -2.14. The summed E-state index contributed by atoms with van der Waals surface area (Å²) < 4.78 is 0. The van der Waals surface area contributed by atoms with Gasteiger partial charge < -0.3 is 0 Å². The normalized spacial score (nSPS) is 13.3. The Morgan fingerprint density at radius 1 is 0.422 bits per heavy atom. The van der Waals surface area contributed by atoms with E-state index in [-0.39, 0.29) is 5.41 Å². The van der Waals surface area contributed by atoms with Crippen molar-refractivity contribution in [2.75, 3.05) is 0 Å². The van der Waals surface area contributed by atoms with E-state index in [2.05, 4.69) is 159 Å². The van der Waals surface area contributed by atoms with Crippen molar-refractivity contribution in [2.24, 2.45) is 0 Å². The van der Waals surface area contributed by atoms with Gasteiger partial charge in [0.05, 0.1) is 5.69 Å². The first kappa shape index (κ1) is 25.9. The van der Waals surface area contributed by atoms with Gasteiger partial charge in [-0.3, -0.25) is 4.98 Å². The maximum atomic E-state index is 5.05. The fourth-order valence-corrected chi connectivity index (χ4v) is 7.75. The maximum absolute atomic E-state index is 5.05. The Kier molecular flexibility index (Phi) is 5.61. The first-order valence-corrected chi connectivity index (χ1v) is 15.7. The zero-order chi connectivity index (χ0) is 30.1. The molecule has 45 heavy (non-hydrogen) atoms. The minimum absolute atomic E-state index is 0.0288. The maximum Gasteiger partial charge on any atom is 0.0792 e. The third-order valence-corrected chi connectivity index (χ3v) is 9.91. The van der Waals surface area contributed by atoms with Crippen molar-refractivity contribution in [1.82, 2.24) is 4.98 Å². The minimum atomic E-state index is -0.0288. The molecule has 1 aromatic heterocycles. The smallest absolute Gasteiger partial charge is 0.0792 e. The van der Waals surface area contributed by atoms with E-state index in [4.69, 9.17) is 4.98 Å². The molecule has 7 aromatic carbocycles. The van der Waals surface area contributed by atoms with Crippen LogP contribution in [0, 0.1) is 0 Å². The number of nitrogens with zero attached hydrogens (tertiary/aromatic N) is 1. The monoisotopic (exact) mass is 573 g/mol. The molecule has 0 amide bonds. The summed E-state index contributed by atoms with van der Waals surface area (Å²) >= 11 is 0. The van der Waals surface area contributed by atoms with Crippen molar-refractivity contribution in [2.45, 2.75) is 19.3 Å². The molecule has 0 radical (unpaired) electrons. The van der Waals surface area contributed by atoms with E-state index in [9.17, 15) is 0 Å². The molecule has 0 spiro atoms. The second kappa shape index (κ2) is 9.74. The number of benzene rings is 7. The Hall–Kier alpha value is -5.53. The summed E-state index contributed by atoms with van der Waals surface area (Å²) in [6, 6.07) is 53.3. The van der Waals surface area contributed by atoms with E-state index in [1.165, 1.54) is 82.4 Å². The number of hydrogen-bond acceptors (Lipinski definition) is 1. The fourth-order valence-electron chi connectivity index (χ4n) is 7.75. The minimum Gasteiger partial charge on any atom is -0.256 e. The Bertz CT molecular complexity index is 2440. The van der Waals surface area contributed by atoms with Gasteiger partial charge in [-0.25, -0.2) is 0 Å². The van der Waals surface area contributed by atoms with Crippen LogP contribution in [0.1, 0.15) is 25.0 Å². The molecule has 0 N–H and O–H groups in total. The number of hydrogen-bond donors (Lipinski definition) is 0. The zero-order valence-corrected chi connectivity index (χ0v) is 25.4. The van der Waals surface area contributed by atoms with Gasteiger partial charge in [-0.2, -0.15) is 0 Å². The molecule has 0 saturated heterocycles. The van der Waals surface area contributed by atoms with Gasteiger partial charge >= 0.3 is 0 Å². The van der Waals surface area contributed by atoms with E-state index >= 15 is 0 Å². The van der Waals surface area contributed by atoms with Gasteiger partial charge in [0.15, 0.2) is 0 Å². The van der Waals surface area contributed by atoms with Crippen LogP contribution in [0.15, 0.2) is 152 Å². The summed E-state index contributed by atoms with van der Waals surface area (Å²) in [7, 11) is 0. The molecule has 0 aliphatic heterocycles. The van der Waals surface area contributed by atoms with E-state index in [1.54, 1.807) is 0 Å². The standard InChI is InChI=1S/C44H31N/c1-44(2)39-19-11-10-16-33(39)37-27-31(21-23-40(37)44)41-34-17-8-9-18-35(34)42(43-32-15-7-6-14-29(32)24-25-45-43)36-22-20-30(26-38(36)41)28-12-4-3-5-13-28/h3-27H,1-2H3. The van der Waals surface area contributed by atoms with Crippen LogP contribution in [0.3, 0.4) is 0 Å². The summed E-state index contributed by atoms with van der Waals surface area (Å²) in [6.07, 6.45) is 1.95. The fraction of sp³-hybridized carbons (Fsp3) is 0.0682. The van der Waals surface area contributed by atoms with Crippen LogP contribution in [0.25, 0.3) is 77.0 Å². The van der Waals surface area contributed by atoms with Crippen molar-refractivity contribution in [1.29, 1.82) is 0 Å². The molecule has 1 nitrogen and oxygen atoms in total. The van der Waals surface area contributed by atoms with Gasteiger partial charge in [0.25, 0.3) is 0 Å². The highest BCUT2D eigenvalue weighted by atomic mass is 14.7. The predicted molar refractivity (Wildman–Crippen MR) is 191 cm³/mol. The SMILES string of the molecule is CC1(C)c2ccccc2-c2cc(-c3c4ccccc4c(-c4nccc5ccccc45)c4ccc(-c5ccccc5)cc34)ccc21. The van der Waals surface area contributed by atoms with Gasteiger partial charge in [0, 0.05) is 22.6 Å². The quantitative estimate of drug-likeness (QED) is 0.192. The second-order valence-electron chi connectivity index (χ2n) is 12.7. The molecular formula is C44H31N. The molecule has 9 rings (SSSR count). The van der Waals surface area contributed by atoms with E-state index in [0.29, 0.717) is 0 Å². The first-order chi connectivity index (χ1) is 22.1. The summed E-state index contributed by atoms with van der Waals surface area (Å²) in [4.78, 5) is 5.05. The molecule has 0 unspecified atom stereocenters. The molecule has 212 valence electrons. The summed E-state index contributed by atoms with van der Waals surface area (Å²) in [5.74, 6) is 0. The van der Waals surface area contributed by atoms with Crippen LogP contribution in [-0.4, -0.2) is 4.98 Å².